The van der Waals surface area contributed by atoms with E-state index in [-0.39, 0.29) is 5.91 Å². The zero-order chi connectivity index (χ0) is 14.1. The van der Waals surface area contributed by atoms with E-state index in [1.165, 1.54) is 6.42 Å². The Morgan fingerprint density at radius 2 is 2.35 bits per heavy atom. The van der Waals surface area contributed by atoms with Crippen LogP contribution in [0.1, 0.15) is 43.0 Å². The van der Waals surface area contributed by atoms with Gasteiger partial charge < -0.3 is 4.42 Å². The second-order valence-electron chi connectivity index (χ2n) is 5.42. The first-order valence-electron chi connectivity index (χ1n) is 6.89. The lowest BCUT2D eigenvalue weighted by atomic mass is 10.2. The van der Waals surface area contributed by atoms with Crippen molar-refractivity contribution >= 4 is 11.9 Å². The summed E-state index contributed by atoms with van der Waals surface area (Å²) in [4.78, 5) is 15.8. The predicted octanol–water partition coefficient (Wildman–Crippen LogP) is 2.40. The van der Waals surface area contributed by atoms with Crippen LogP contribution in [0.2, 0.25) is 0 Å². The minimum atomic E-state index is -0.110. The molecule has 0 aromatic carbocycles. The van der Waals surface area contributed by atoms with Gasteiger partial charge in [-0.2, -0.15) is 4.98 Å². The number of carbonyl (C=O) groups excluding carboxylic acids is 1. The molecule has 0 aliphatic heterocycles. The van der Waals surface area contributed by atoms with Crippen molar-refractivity contribution in [2.24, 2.45) is 5.92 Å². The number of H-pyrrole nitrogens is 1. The summed E-state index contributed by atoms with van der Waals surface area (Å²) in [5.74, 6) is 4.11. The Morgan fingerprint density at radius 3 is 3.00 bits per heavy atom. The van der Waals surface area contributed by atoms with E-state index in [1.807, 2.05) is 12.1 Å². The van der Waals surface area contributed by atoms with Gasteiger partial charge in [-0.05, 0) is 31.4 Å². The molecule has 3 rings (SSSR count). The number of aryl methyl sites for hydroxylation is 2. The van der Waals surface area contributed by atoms with Crippen molar-refractivity contribution in [2.45, 2.75) is 39.0 Å². The van der Waals surface area contributed by atoms with Gasteiger partial charge in [0, 0.05) is 18.8 Å². The molecular weight excluding hydrogens is 256 g/mol. The van der Waals surface area contributed by atoms with E-state index in [4.69, 9.17) is 4.42 Å². The lowest BCUT2D eigenvalue weighted by Gasteiger charge is -1.99. The molecular formula is C14H18N4O2. The molecule has 1 fully saturated rings. The molecule has 2 unspecified atom stereocenters. The highest BCUT2D eigenvalue weighted by atomic mass is 16.3. The van der Waals surface area contributed by atoms with E-state index >= 15 is 0 Å². The van der Waals surface area contributed by atoms with Crippen LogP contribution in [0.3, 0.4) is 0 Å². The van der Waals surface area contributed by atoms with Crippen LogP contribution in [0, 0.1) is 12.8 Å². The molecule has 2 N–H and O–H groups in total. The summed E-state index contributed by atoms with van der Waals surface area (Å²) < 4.78 is 5.77. The van der Waals surface area contributed by atoms with Gasteiger partial charge in [-0.3, -0.25) is 15.2 Å². The molecule has 0 saturated heterocycles. The highest BCUT2D eigenvalue weighted by Gasteiger charge is 2.36. The first-order valence-corrected chi connectivity index (χ1v) is 6.89. The summed E-state index contributed by atoms with van der Waals surface area (Å²) in [5, 5.41) is 9.19. The molecule has 0 radical (unpaired) electrons. The number of nitrogens with one attached hydrogen (secondary N) is 2. The van der Waals surface area contributed by atoms with E-state index in [1.54, 1.807) is 6.92 Å². The molecule has 2 heterocycles. The maximum Gasteiger partial charge on any atom is 0.248 e. The van der Waals surface area contributed by atoms with Gasteiger partial charge in [0.2, 0.25) is 11.9 Å². The molecule has 2 atom stereocenters. The van der Waals surface area contributed by atoms with E-state index in [0.717, 1.165) is 17.4 Å². The Kier molecular flexibility index (Phi) is 3.30. The fourth-order valence-electron chi connectivity index (χ4n) is 2.27. The number of carbonyl (C=O) groups is 1. The van der Waals surface area contributed by atoms with Gasteiger partial charge >= 0.3 is 0 Å². The maximum absolute atomic E-state index is 11.8. The van der Waals surface area contributed by atoms with Crippen LogP contribution >= 0.6 is 0 Å². The molecule has 20 heavy (non-hydrogen) atoms. The van der Waals surface area contributed by atoms with Crippen molar-refractivity contribution in [3.05, 3.63) is 29.5 Å². The minimum Gasteiger partial charge on any atom is -0.466 e. The van der Waals surface area contributed by atoms with E-state index in [2.05, 4.69) is 27.4 Å². The number of anilines is 1. The van der Waals surface area contributed by atoms with Gasteiger partial charge in [-0.15, -0.1) is 5.10 Å². The summed E-state index contributed by atoms with van der Waals surface area (Å²) in [6.07, 6.45) is 2.16. The summed E-state index contributed by atoms with van der Waals surface area (Å²) in [5.41, 5.74) is 0. The van der Waals surface area contributed by atoms with E-state index in [9.17, 15) is 4.79 Å². The van der Waals surface area contributed by atoms with Gasteiger partial charge in [0.15, 0.2) is 0 Å². The van der Waals surface area contributed by atoms with Crippen LogP contribution in [0.15, 0.2) is 16.5 Å². The van der Waals surface area contributed by atoms with Gasteiger partial charge in [0.25, 0.3) is 0 Å². The summed E-state index contributed by atoms with van der Waals surface area (Å²) in [7, 11) is 0. The zero-order valence-corrected chi connectivity index (χ0v) is 11.6. The third-order valence-electron chi connectivity index (χ3n) is 3.60. The number of rotatable bonds is 5. The van der Waals surface area contributed by atoms with Crippen molar-refractivity contribution < 1.29 is 9.21 Å². The second-order valence-corrected chi connectivity index (χ2v) is 5.42. The molecule has 0 bridgehead atoms. The number of nitrogens with zero attached hydrogens (tertiary/aromatic N) is 2. The summed E-state index contributed by atoms with van der Waals surface area (Å²) in [6.45, 7) is 4.01. The number of aromatic amines is 1. The second kappa shape index (κ2) is 5.11. The molecule has 106 valence electrons. The predicted molar refractivity (Wildman–Crippen MR) is 73.3 cm³/mol. The maximum atomic E-state index is 11.8. The largest absolute Gasteiger partial charge is 0.466 e. The Hall–Kier alpha value is -2.11. The fraction of sp³-hybridized carbons (Fsp3) is 0.500. The number of furan rings is 1. The third kappa shape index (κ3) is 2.89. The standard InChI is InChI=1S/C14H18N4O2/c1-8-7-11(8)12-5-3-10(20-12)4-6-13(19)16-14-15-9(2)17-18-14/h3,5,8,11H,4,6-7H2,1-2H3,(H2,15,16,17,18,19). The molecule has 1 aliphatic rings. The SMILES string of the molecule is Cc1nc(NC(=O)CCc2ccc(C3CC3C)o2)n[nH]1. The van der Waals surface area contributed by atoms with Crippen LogP contribution in [0.25, 0.3) is 0 Å². The van der Waals surface area contributed by atoms with Gasteiger partial charge in [-0.1, -0.05) is 6.92 Å². The van der Waals surface area contributed by atoms with Crippen molar-refractivity contribution in [1.82, 2.24) is 15.2 Å². The smallest absolute Gasteiger partial charge is 0.248 e. The highest BCUT2D eigenvalue weighted by molar-refractivity contribution is 5.88. The van der Waals surface area contributed by atoms with Crippen LogP contribution in [0.5, 0.6) is 0 Å². The zero-order valence-electron chi connectivity index (χ0n) is 11.6. The quantitative estimate of drug-likeness (QED) is 0.876. The van der Waals surface area contributed by atoms with Crippen molar-refractivity contribution in [1.29, 1.82) is 0 Å². The van der Waals surface area contributed by atoms with Gasteiger partial charge in [-0.25, -0.2) is 0 Å². The van der Waals surface area contributed by atoms with Crippen molar-refractivity contribution in [3.63, 3.8) is 0 Å². The average Bonchev–Trinajstić information content (AvgIpc) is 2.82. The first kappa shape index (κ1) is 12.9. The lowest BCUT2D eigenvalue weighted by Crippen LogP contribution is -2.13. The number of aromatic nitrogens is 3. The Balaban J connectivity index is 1.49. The van der Waals surface area contributed by atoms with Gasteiger partial charge in [0.1, 0.15) is 17.3 Å². The molecule has 6 heteroatoms. The number of hydrogen-bond acceptors (Lipinski definition) is 4. The van der Waals surface area contributed by atoms with Crippen molar-refractivity contribution in [3.8, 4) is 0 Å². The molecule has 6 nitrogen and oxygen atoms in total. The monoisotopic (exact) mass is 274 g/mol. The molecule has 2 aromatic heterocycles. The van der Waals surface area contributed by atoms with Crippen LogP contribution in [-0.4, -0.2) is 21.1 Å². The van der Waals surface area contributed by atoms with Crippen LogP contribution < -0.4 is 5.32 Å². The first-order chi connectivity index (χ1) is 9.61. The van der Waals surface area contributed by atoms with Crippen LogP contribution in [0.4, 0.5) is 5.95 Å². The van der Waals surface area contributed by atoms with E-state index < -0.39 is 0 Å². The summed E-state index contributed by atoms with van der Waals surface area (Å²) >= 11 is 0. The summed E-state index contributed by atoms with van der Waals surface area (Å²) in [6, 6.07) is 3.99. The number of amides is 1. The molecule has 0 spiro atoms. The van der Waals surface area contributed by atoms with Gasteiger partial charge in [0.05, 0.1) is 0 Å². The Morgan fingerprint density at radius 1 is 1.55 bits per heavy atom. The lowest BCUT2D eigenvalue weighted by molar-refractivity contribution is -0.116. The number of hydrogen-bond donors (Lipinski definition) is 2. The molecule has 1 saturated carbocycles. The van der Waals surface area contributed by atoms with Crippen molar-refractivity contribution in [2.75, 3.05) is 5.32 Å². The highest BCUT2D eigenvalue weighted by Crippen LogP contribution is 2.47. The Labute approximate surface area is 117 Å². The van der Waals surface area contributed by atoms with E-state index in [0.29, 0.717) is 30.5 Å². The van der Waals surface area contributed by atoms with Crippen LogP contribution in [-0.2, 0) is 11.2 Å². The molecule has 2 aromatic rings. The normalized spacial score (nSPS) is 20.9. The topological polar surface area (TPSA) is 83.8 Å². The minimum absolute atomic E-state index is 0.110. The average molecular weight is 274 g/mol. The fourth-order valence-corrected chi connectivity index (χ4v) is 2.27. The molecule has 1 amide bonds. The Bertz CT molecular complexity index is 616. The molecule has 1 aliphatic carbocycles. The third-order valence-corrected chi connectivity index (χ3v) is 3.60.